The quantitative estimate of drug-likeness (QED) is 0.597. The fourth-order valence-corrected chi connectivity index (χ4v) is 3.29. The number of methoxy groups -OCH3 is 1. The van der Waals surface area contributed by atoms with Crippen molar-refractivity contribution in [3.63, 3.8) is 0 Å². The molecule has 0 aliphatic rings. The van der Waals surface area contributed by atoms with E-state index in [0.29, 0.717) is 5.75 Å². The summed E-state index contributed by atoms with van der Waals surface area (Å²) >= 11 is 0. The van der Waals surface area contributed by atoms with E-state index in [1.807, 2.05) is 48.5 Å². The topological polar surface area (TPSA) is 96.0 Å². The molecule has 1 atom stereocenters. The fourth-order valence-electron chi connectivity index (χ4n) is 2.94. The van der Waals surface area contributed by atoms with Crippen molar-refractivity contribution in [2.75, 3.05) is 27.0 Å². The lowest BCUT2D eigenvalue weighted by molar-refractivity contribution is -0.140. The van der Waals surface area contributed by atoms with E-state index in [9.17, 15) is 18.0 Å². The Morgan fingerprint density at radius 3 is 2.29 bits per heavy atom. The number of likely N-dealkylation sites (N-methyl/N-ethyl adjacent to an activating group) is 1. The van der Waals surface area contributed by atoms with Gasteiger partial charge in [-0.1, -0.05) is 48.5 Å². The second-order valence-electron chi connectivity index (χ2n) is 7.23. The molecule has 0 radical (unpaired) electrons. The molecule has 0 fully saturated rings. The van der Waals surface area contributed by atoms with Crippen molar-refractivity contribution in [2.45, 2.75) is 26.1 Å². The minimum Gasteiger partial charge on any atom is -0.496 e. The molecule has 0 spiro atoms. The van der Waals surface area contributed by atoms with Gasteiger partial charge in [-0.3, -0.25) is 9.59 Å². The Kier molecular flexibility index (Phi) is 8.58. The average Bonchev–Trinajstić information content (AvgIpc) is 2.75. The second kappa shape index (κ2) is 10.9. The fraction of sp³-hybridized carbons (Fsp3) is 0.364. The van der Waals surface area contributed by atoms with Gasteiger partial charge in [-0.15, -0.1) is 0 Å². The monoisotopic (exact) mass is 447 g/mol. The summed E-state index contributed by atoms with van der Waals surface area (Å²) in [4.78, 5) is 27.2. The number of hydrogen-bond donors (Lipinski definition) is 1. The molecule has 0 aliphatic carbocycles. The maximum atomic E-state index is 12.9. The van der Waals surface area contributed by atoms with E-state index in [1.165, 1.54) is 11.9 Å². The number of carbonyl (C=O) groups excluding carboxylic acids is 2. The van der Waals surface area contributed by atoms with E-state index < -0.39 is 22.0 Å². The molecule has 0 aromatic heterocycles. The minimum absolute atomic E-state index is 0.181. The van der Waals surface area contributed by atoms with E-state index in [-0.39, 0.29) is 25.5 Å². The summed E-state index contributed by atoms with van der Waals surface area (Å²) in [6.45, 7) is 1.69. The van der Waals surface area contributed by atoms with Crippen molar-refractivity contribution < 1.29 is 22.7 Å². The van der Waals surface area contributed by atoms with Gasteiger partial charge in [0.15, 0.2) is 0 Å². The smallest absolute Gasteiger partial charge is 0.242 e. The standard InChI is InChI=1S/C22H29N3O5S/c1-17(22(27)23-14-19-12-8-9-13-20(19)30-3)25(15-18-10-6-5-7-11-18)21(26)16-24(2)31(4,28)29/h5-13,17H,14-16H2,1-4H3,(H,23,27)/t17-/m0/s1. The van der Waals surface area contributed by atoms with E-state index in [1.54, 1.807) is 20.1 Å². The SMILES string of the molecule is COc1ccccc1CNC(=O)[C@H](C)N(Cc1ccccc1)C(=O)CN(C)S(C)(=O)=O. The molecule has 2 aromatic rings. The Labute approximate surface area is 183 Å². The van der Waals surface area contributed by atoms with Crippen molar-refractivity contribution in [3.05, 3.63) is 65.7 Å². The van der Waals surface area contributed by atoms with Crippen LogP contribution < -0.4 is 10.1 Å². The van der Waals surface area contributed by atoms with Crippen LogP contribution in [0.25, 0.3) is 0 Å². The van der Waals surface area contributed by atoms with Crippen molar-refractivity contribution in [1.29, 1.82) is 0 Å². The zero-order valence-corrected chi connectivity index (χ0v) is 19.1. The van der Waals surface area contributed by atoms with E-state index in [4.69, 9.17) is 4.74 Å². The highest BCUT2D eigenvalue weighted by Crippen LogP contribution is 2.17. The van der Waals surface area contributed by atoms with Gasteiger partial charge in [0.05, 0.1) is 19.9 Å². The van der Waals surface area contributed by atoms with Crippen LogP contribution in [0.3, 0.4) is 0 Å². The van der Waals surface area contributed by atoms with Crippen LogP contribution in [0.5, 0.6) is 5.75 Å². The van der Waals surface area contributed by atoms with Crippen LogP contribution in [0.15, 0.2) is 54.6 Å². The van der Waals surface area contributed by atoms with Gasteiger partial charge >= 0.3 is 0 Å². The molecule has 168 valence electrons. The van der Waals surface area contributed by atoms with Crippen molar-refractivity contribution in [2.24, 2.45) is 0 Å². The molecule has 0 aliphatic heterocycles. The van der Waals surface area contributed by atoms with Crippen LogP contribution >= 0.6 is 0 Å². The van der Waals surface area contributed by atoms with Gasteiger partial charge in [0.1, 0.15) is 11.8 Å². The average molecular weight is 448 g/mol. The number of benzene rings is 2. The predicted molar refractivity (Wildman–Crippen MR) is 119 cm³/mol. The van der Waals surface area contributed by atoms with Crippen LogP contribution in [-0.2, 0) is 32.7 Å². The van der Waals surface area contributed by atoms with Crippen molar-refractivity contribution in [3.8, 4) is 5.75 Å². The zero-order chi connectivity index (χ0) is 23.0. The number of sulfonamides is 1. The molecular weight excluding hydrogens is 418 g/mol. The van der Waals surface area contributed by atoms with Crippen LogP contribution in [0, 0.1) is 0 Å². The minimum atomic E-state index is -3.53. The van der Waals surface area contributed by atoms with Crippen molar-refractivity contribution in [1.82, 2.24) is 14.5 Å². The summed E-state index contributed by atoms with van der Waals surface area (Å²) < 4.78 is 29.7. The number of rotatable bonds is 10. The highest BCUT2D eigenvalue weighted by molar-refractivity contribution is 7.88. The molecule has 0 bridgehead atoms. The summed E-state index contributed by atoms with van der Waals surface area (Å²) in [6.07, 6.45) is 1.03. The van der Waals surface area contributed by atoms with Gasteiger partial charge in [-0.2, -0.15) is 4.31 Å². The van der Waals surface area contributed by atoms with E-state index in [2.05, 4.69) is 5.32 Å². The molecule has 2 amide bonds. The molecule has 8 nitrogen and oxygen atoms in total. The normalized spacial score (nSPS) is 12.3. The number of nitrogens with zero attached hydrogens (tertiary/aromatic N) is 2. The molecule has 1 N–H and O–H groups in total. The number of amides is 2. The maximum Gasteiger partial charge on any atom is 0.242 e. The molecule has 9 heteroatoms. The molecule has 2 aromatic carbocycles. The van der Waals surface area contributed by atoms with Crippen LogP contribution in [0.4, 0.5) is 0 Å². The summed E-state index contributed by atoms with van der Waals surface area (Å²) in [5.74, 6) is -0.156. The molecule has 0 heterocycles. The number of nitrogens with one attached hydrogen (secondary N) is 1. The van der Waals surface area contributed by atoms with Crippen molar-refractivity contribution >= 4 is 21.8 Å². The molecule has 0 saturated heterocycles. The lowest BCUT2D eigenvalue weighted by Gasteiger charge is -2.30. The second-order valence-corrected chi connectivity index (χ2v) is 9.32. The molecule has 31 heavy (non-hydrogen) atoms. The first-order valence-electron chi connectivity index (χ1n) is 9.77. The number of para-hydroxylation sites is 1. The lowest BCUT2D eigenvalue weighted by Crippen LogP contribution is -2.50. The third-order valence-corrected chi connectivity index (χ3v) is 6.19. The summed E-state index contributed by atoms with van der Waals surface area (Å²) in [5, 5.41) is 2.83. The highest BCUT2D eigenvalue weighted by Gasteiger charge is 2.28. The summed E-state index contributed by atoms with van der Waals surface area (Å²) in [7, 11) is -0.642. The Bertz CT molecular complexity index is 995. The first-order valence-corrected chi connectivity index (χ1v) is 11.6. The Balaban J connectivity index is 2.16. The largest absolute Gasteiger partial charge is 0.496 e. The van der Waals surface area contributed by atoms with Gasteiger partial charge in [0, 0.05) is 25.7 Å². The van der Waals surface area contributed by atoms with Gasteiger partial charge in [0.25, 0.3) is 0 Å². The number of carbonyl (C=O) groups is 2. The highest BCUT2D eigenvalue weighted by atomic mass is 32.2. The maximum absolute atomic E-state index is 12.9. The zero-order valence-electron chi connectivity index (χ0n) is 18.2. The third-order valence-electron chi connectivity index (χ3n) is 4.93. The van der Waals surface area contributed by atoms with Crippen LogP contribution in [0.1, 0.15) is 18.1 Å². The Morgan fingerprint density at radius 2 is 1.68 bits per heavy atom. The van der Waals surface area contributed by atoms with E-state index in [0.717, 1.165) is 21.7 Å². The molecule has 0 saturated carbocycles. The first-order chi connectivity index (χ1) is 14.6. The number of hydrogen-bond acceptors (Lipinski definition) is 5. The van der Waals surface area contributed by atoms with Gasteiger partial charge in [-0.05, 0) is 18.6 Å². The third kappa shape index (κ3) is 7.08. The van der Waals surface area contributed by atoms with Crippen LogP contribution in [0.2, 0.25) is 0 Å². The van der Waals surface area contributed by atoms with Gasteiger partial charge in [0.2, 0.25) is 21.8 Å². The Hall–Kier alpha value is -2.91. The summed E-state index contributed by atoms with van der Waals surface area (Å²) in [6, 6.07) is 15.8. The van der Waals surface area contributed by atoms with Gasteiger partial charge < -0.3 is 15.0 Å². The predicted octanol–water partition coefficient (Wildman–Crippen LogP) is 1.62. The molecular formula is C22H29N3O5S. The van der Waals surface area contributed by atoms with E-state index >= 15 is 0 Å². The first kappa shape index (κ1) is 24.4. The van der Waals surface area contributed by atoms with Crippen LogP contribution in [-0.4, -0.2) is 62.4 Å². The lowest BCUT2D eigenvalue weighted by atomic mass is 10.1. The molecule has 0 unspecified atom stereocenters. The molecule has 2 rings (SSSR count). The summed E-state index contributed by atoms with van der Waals surface area (Å²) in [5.41, 5.74) is 1.64. The Morgan fingerprint density at radius 1 is 1.06 bits per heavy atom. The van der Waals surface area contributed by atoms with Gasteiger partial charge in [-0.25, -0.2) is 8.42 Å². The number of ether oxygens (including phenoxy) is 1.